The molecule has 0 aliphatic heterocycles. The molecule has 0 unspecified atom stereocenters. The molecule has 0 bridgehead atoms. The molecule has 1 aromatic carbocycles. The van der Waals surface area contributed by atoms with Crippen molar-refractivity contribution in [3.63, 3.8) is 0 Å². The standard InChI is InChI=1S/C16H17BrN2O3S/c1-10-6-16-13(8-15(10)18-2)14(17)9-19(16)11-4-5-12(7-11)22-23(3,20)21/h6,8-9,11-12H,4-5,7H2,1,3H3/t11-,12-/m1/s1. The van der Waals surface area contributed by atoms with Gasteiger partial charge in [0, 0.05) is 27.6 Å². The van der Waals surface area contributed by atoms with E-state index in [0.717, 1.165) is 40.0 Å². The summed E-state index contributed by atoms with van der Waals surface area (Å²) in [6, 6.07) is 4.13. The lowest BCUT2D eigenvalue weighted by molar-refractivity contribution is 0.214. The van der Waals surface area contributed by atoms with Gasteiger partial charge in [-0.05, 0) is 59.8 Å². The molecule has 122 valence electrons. The van der Waals surface area contributed by atoms with Gasteiger partial charge in [0.15, 0.2) is 5.69 Å². The number of benzene rings is 1. The molecule has 1 aromatic heterocycles. The Morgan fingerprint density at radius 2 is 2.13 bits per heavy atom. The normalized spacial score (nSPS) is 21.7. The monoisotopic (exact) mass is 396 g/mol. The summed E-state index contributed by atoms with van der Waals surface area (Å²) in [6.07, 6.45) is 5.14. The van der Waals surface area contributed by atoms with E-state index in [1.165, 1.54) is 0 Å². The Morgan fingerprint density at radius 1 is 1.39 bits per heavy atom. The van der Waals surface area contributed by atoms with Crippen LogP contribution in [-0.2, 0) is 14.3 Å². The number of aromatic nitrogens is 1. The first kappa shape index (κ1) is 16.5. The summed E-state index contributed by atoms with van der Waals surface area (Å²) in [5, 5.41) is 1.01. The first-order valence-corrected chi connectivity index (χ1v) is 9.96. The molecule has 5 nitrogen and oxygen atoms in total. The molecule has 0 saturated heterocycles. The largest absolute Gasteiger partial charge is 0.343 e. The maximum atomic E-state index is 11.3. The predicted octanol–water partition coefficient (Wildman–Crippen LogP) is 4.33. The van der Waals surface area contributed by atoms with Crippen molar-refractivity contribution in [1.82, 2.24) is 4.57 Å². The average molecular weight is 397 g/mol. The minimum atomic E-state index is -3.42. The molecule has 1 heterocycles. The van der Waals surface area contributed by atoms with Crippen LogP contribution >= 0.6 is 15.9 Å². The van der Waals surface area contributed by atoms with Crippen LogP contribution in [-0.4, -0.2) is 25.3 Å². The number of halogens is 1. The lowest BCUT2D eigenvalue weighted by atomic mass is 10.1. The van der Waals surface area contributed by atoms with E-state index < -0.39 is 10.1 Å². The summed E-state index contributed by atoms with van der Waals surface area (Å²) in [6.45, 7) is 9.18. The Morgan fingerprint density at radius 3 is 2.78 bits per heavy atom. The summed E-state index contributed by atoms with van der Waals surface area (Å²) in [7, 11) is -3.42. The van der Waals surface area contributed by atoms with Crippen LogP contribution in [0.15, 0.2) is 22.8 Å². The van der Waals surface area contributed by atoms with Crippen LogP contribution in [0.2, 0.25) is 0 Å². The van der Waals surface area contributed by atoms with E-state index in [0.29, 0.717) is 12.1 Å². The molecule has 0 amide bonds. The summed E-state index contributed by atoms with van der Waals surface area (Å²) in [5.41, 5.74) is 2.66. The third kappa shape index (κ3) is 3.30. The van der Waals surface area contributed by atoms with Gasteiger partial charge in [0.05, 0.1) is 18.9 Å². The second kappa shape index (κ2) is 5.93. The zero-order valence-corrected chi connectivity index (χ0v) is 15.3. The van der Waals surface area contributed by atoms with Gasteiger partial charge in [-0.1, -0.05) is 0 Å². The molecule has 2 atom stereocenters. The summed E-state index contributed by atoms with van der Waals surface area (Å²) in [4.78, 5) is 3.55. The van der Waals surface area contributed by atoms with Gasteiger partial charge in [0.25, 0.3) is 10.1 Å². The Balaban J connectivity index is 1.96. The molecule has 3 rings (SSSR count). The smallest absolute Gasteiger partial charge is 0.264 e. The van der Waals surface area contributed by atoms with E-state index in [2.05, 4.69) is 25.3 Å². The van der Waals surface area contributed by atoms with Crippen molar-refractivity contribution < 1.29 is 12.6 Å². The number of fused-ring (bicyclic) bond motifs is 1. The van der Waals surface area contributed by atoms with Crippen LogP contribution in [0, 0.1) is 13.5 Å². The van der Waals surface area contributed by atoms with E-state index >= 15 is 0 Å². The number of aryl methyl sites for hydroxylation is 1. The Bertz CT molecular complexity index is 912. The second-order valence-corrected chi connectivity index (χ2v) is 8.50. The van der Waals surface area contributed by atoms with Crippen LogP contribution in [0.3, 0.4) is 0 Å². The zero-order valence-electron chi connectivity index (χ0n) is 12.9. The maximum Gasteiger partial charge on any atom is 0.264 e. The minimum absolute atomic E-state index is 0.203. The minimum Gasteiger partial charge on any atom is -0.343 e. The van der Waals surface area contributed by atoms with Crippen molar-refractivity contribution in [2.45, 2.75) is 38.3 Å². The molecule has 0 radical (unpaired) electrons. The topological polar surface area (TPSA) is 52.7 Å². The quantitative estimate of drug-likeness (QED) is 0.572. The second-order valence-electron chi connectivity index (χ2n) is 6.04. The van der Waals surface area contributed by atoms with Gasteiger partial charge in [0.2, 0.25) is 0 Å². The SMILES string of the molecule is [C-]#[N+]c1cc2c(Br)cn([C@@H]3CC[C@@H](OS(C)(=O)=O)C3)c2cc1C. The van der Waals surface area contributed by atoms with Crippen molar-refractivity contribution in [2.24, 2.45) is 0 Å². The van der Waals surface area contributed by atoms with Gasteiger partial charge in [-0.25, -0.2) is 4.85 Å². The highest BCUT2D eigenvalue weighted by molar-refractivity contribution is 9.10. The molecule has 1 saturated carbocycles. The number of rotatable bonds is 3. The third-order valence-electron chi connectivity index (χ3n) is 4.28. The van der Waals surface area contributed by atoms with Crippen molar-refractivity contribution in [2.75, 3.05) is 6.26 Å². The van der Waals surface area contributed by atoms with Gasteiger partial charge in [-0.2, -0.15) is 8.42 Å². The number of hydrogen-bond acceptors (Lipinski definition) is 3. The molecule has 1 fully saturated rings. The van der Waals surface area contributed by atoms with Crippen molar-refractivity contribution >= 4 is 42.6 Å². The highest BCUT2D eigenvalue weighted by Crippen LogP contribution is 2.39. The third-order valence-corrected chi connectivity index (χ3v) is 5.54. The molecule has 0 N–H and O–H groups in total. The Hall–Kier alpha value is -1.36. The van der Waals surface area contributed by atoms with E-state index in [1.54, 1.807) is 0 Å². The van der Waals surface area contributed by atoms with Crippen molar-refractivity contribution in [3.05, 3.63) is 39.8 Å². The van der Waals surface area contributed by atoms with E-state index in [1.807, 2.05) is 25.3 Å². The van der Waals surface area contributed by atoms with Crippen LogP contribution in [0.4, 0.5) is 5.69 Å². The average Bonchev–Trinajstić information content (AvgIpc) is 3.01. The van der Waals surface area contributed by atoms with Crippen LogP contribution in [0.25, 0.3) is 15.7 Å². The Labute approximate surface area is 144 Å². The fourth-order valence-corrected chi connectivity index (χ4v) is 4.48. The van der Waals surface area contributed by atoms with Crippen molar-refractivity contribution in [3.8, 4) is 0 Å². The molecule has 7 heteroatoms. The lowest BCUT2D eigenvalue weighted by Gasteiger charge is -2.15. The highest BCUT2D eigenvalue weighted by atomic mass is 79.9. The molecule has 1 aliphatic rings. The summed E-state index contributed by atoms with van der Waals surface area (Å²) < 4.78 is 30.9. The zero-order chi connectivity index (χ0) is 16.8. The molecule has 0 spiro atoms. The van der Waals surface area contributed by atoms with E-state index in [4.69, 9.17) is 10.8 Å². The Kier molecular flexibility index (Phi) is 4.25. The fourth-order valence-electron chi connectivity index (χ4n) is 3.27. The molecular weight excluding hydrogens is 380 g/mol. The first-order chi connectivity index (χ1) is 10.8. The molecular formula is C16H17BrN2O3S. The number of nitrogens with zero attached hydrogens (tertiary/aromatic N) is 2. The van der Waals surface area contributed by atoms with E-state index in [-0.39, 0.29) is 12.1 Å². The molecule has 23 heavy (non-hydrogen) atoms. The van der Waals surface area contributed by atoms with Gasteiger partial charge in [-0.3, -0.25) is 4.18 Å². The van der Waals surface area contributed by atoms with Gasteiger partial charge in [0.1, 0.15) is 0 Å². The maximum absolute atomic E-state index is 11.3. The van der Waals surface area contributed by atoms with Gasteiger partial charge in [-0.15, -0.1) is 0 Å². The molecule has 2 aromatic rings. The highest BCUT2D eigenvalue weighted by Gasteiger charge is 2.30. The van der Waals surface area contributed by atoms with Gasteiger partial charge >= 0.3 is 0 Å². The van der Waals surface area contributed by atoms with Crippen LogP contribution in [0.5, 0.6) is 0 Å². The van der Waals surface area contributed by atoms with Gasteiger partial charge < -0.3 is 4.57 Å². The summed E-state index contributed by atoms with van der Waals surface area (Å²) in [5.74, 6) is 0. The van der Waals surface area contributed by atoms with E-state index in [9.17, 15) is 8.42 Å². The van der Waals surface area contributed by atoms with Crippen LogP contribution < -0.4 is 0 Å². The first-order valence-electron chi connectivity index (χ1n) is 7.35. The molecule has 1 aliphatic carbocycles. The predicted molar refractivity (Wildman–Crippen MR) is 93.2 cm³/mol. The fraction of sp³-hybridized carbons (Fsp3) is 0.438. The van der Waals surface area contributed by atoms with Crippen LogP contribution in [0.1, 0.15) is 30.9 Å². The number of hydrogen-bond donors (Lipinski definition) is 0. The summed E-state index contributed by atoms with van der Waals surface area (Å²) >= 11 is 3.57. The lowest BCUT2D eigenvalue weighted by Crippen LogP contribution is -2.15. The van der Waals surface area contributed by atoms with Crippen molar-refractivity contribution in [1.29, 1.82) is 0 Å².